The van der Waals surface area contributed by atoms with Crippen molar-refractivity contribution in [1.29, 1.82) is 0 Å². The molecule has 3 amide bonds. The van der Waals surface area contributed by atoms with E-state index < -0.39 is 0 Å². The highest BCUT2D eigenvalue weighted by Crippen LogP contribution is 2.17. The predicted octanol–water partition coefficient (Wildman–Crippen LogP) is 3.82. The Labute approximate surface area is 152 Å². The second-order valence-corrected chi connectivity index (χ2v) is 6.47. The van der Waals surface area contributed by atoms with Gasteiger partial charge in [0.15, 0.2) is 0 Å². The van der Waals surface area contributed by atoms with Gasteiger partial charge in [-0.05, 0) is 54.8 Å². The number of amides is 3. The number of carbonyl (C=O) groups excluding carboxylic acids is 2. The van der Waals surface area contributed by atoms with Crippen LogP contribution in [0.4, 0.5) is 14.9 Å². The summed E-state index contributed by atoms with van der Waals surface area (Å²) in [6, 6.07) is 12.7. The zero-order valence-electron chi connectivity index (χ0n) is 14.4. The van der Waals surface area contributed by atoms with E-state index in [0.29, 0.717) is 17.8 Å². The van der Waals surface area contributed by atoms with E-state index in [4.69, 9.17) is 0 Å². The lowest BCUT2D eigenvalue weighted by atomic mass is 10.1. The van der Waals surface area contributed by atoms with Gasteiger partial charge >= 0.3 is 6.03 Å². The fraction of sp³-hybridized carbons (Fsp3) is 0.300. The molecule has 0 radical (unpaired) electrons. The molecule has 3 N–H and O–H groups in total. The molecule has 1 saturated carbocycles. The Bertz CT molecular complexity index is 771. The molecule has 0 aliphatic heterocycles. The van der Waals surface area contributed by atoms with Gasteiger partial charge in [0, 0.05) is 23.8 Å². The molecule has 1 fully saturated rings. The van der Waals surface area contributed by atoms with Crippen LogP contribution in [0.15, 0.2) is 48.5 Å². The summed E-state index contributed by atoms with van der Waals surface area (Å²) >= 11 is 0. The lowest BCUT2D eigenvalue weighted by molar-refractivity contribution is 0.102. The molecule has 3 rings (SSSR count). The summed E-state index contributed by atoms with van der Waals surface area (Å²) in [6.07, 6.45) is 4.41. The highest BCUT2D eigenvalue weighted by Gasteiger charge is 2.16. The van der Waals surface area contributed by atoms with Crippen molar-refractivity contribution in [3.8, 4) is 0 Å². The molecule has 1 aliphatic rings. The van der Waals surface area contributed by atoms with Gasteiger partial charge in [0.25, 0.3) is 5.91 Å². The Kier molecular flexibility index (Phi) is 5.84. The molecule has 1 aliphatic carbocycles. The van der Waals surface area contributed by atoms with Crippen molar-refractivity contribution in [2.75, 3.05) is 5.32 Å². The van der Waals surface area contributed by atoms with E-state index >= 15 is 0 Å². The summed E-state index contributed by atoms with van der Waals surface area (Å²) in [5.74, 6) is -0.695. The van der Waals surface area contributed by atoms with E-state index in [1.807, 2.05) is 12.1 Å². The van der Waals surface area contributed by atoms with Crippen LogP contribution in [0.5, 0.6) is 0 Å². The number of nitrogens with one attached hydrogen (secondary N) is 3. The van der Waals surface area contributed by atoms with Gasteiger partial charge in [0.2, 0.25) is 0 Å². The van der Waals surface area contributed by atoms with Crippen molar-refractivity contribution in [2.24, 2.45) is 0 Å². The summed E-state index contributed by atoms with van der Waals surface area (Å²) in [6.45, 7) is 0.374. The van der Waals surface area contributed by atoms with E-state index in [1.54, 1.807) is 12.1 Å². The Balaban J connectivity index is 1.53. The van der Waals surface area contributed by atoms with Crippen LogP contribution in [0.2, 0.25) is 0 Å². The van der Waals surface area contributed by atoms with Crippen molar-refractivity contribution in [3.63, 3.8) is 0 Å². The molecule has 0 heterocycles. The smallest absolute Gasteiger partial charge is 0.315 e. The lowest BCUT2D eigenvalue weighted by Gasteiger charge is -2.13. The summed E-state index contributed by atoms with van der Waals surface area (Å²) in [4.78, 5) is 24.1. The monoisotopic (exact) mass is 355 g/mol. The second kappa shape index (κ2) is 8.47. The highest BCUT2D eigenvalue weighted by atomic mass is 19.1. The number of urea groups is 1. The number of benzene rings is 2. The number of rotatable bonds is 5. The van der Waals surface area contributed by atoms with Crippen LogP contribution >= 0.6 is 0 Å². The van der Waals surface area contributed by atoms with Gasteiger partial charge in [-0.25, -0.2) is 9.18 Å². The van der Waals surface area contributed by atoms with E-state index in [1.165, 1.54) is 37.1 Å². The van der Waals surface area contributed by atoms with Crippen LogP contribution in [0.3, 0.4) is 0 Å². The predicted molar refractivity (Wildman–Crippen MR) is 98.4 cm³/mol. The lowest BCUT2D eigenvalue weighted by Crippen LogP contribution is -2.40. The molecular weight excluding hydrogens is 333 g/mol. The Morgan fingerprint density at radius 3 is 2.50 bits per heavy atom. The molecule has 5 nitrogen and oxygen atoms in total. The fourth-order valence-electron chi connectivity index (χ4n) is 3.05. The first-order chi connectivity index (χ1) is 12.6. The minimum absolute atomic E-state index is 0.169. The van der Waals surface area contributed by atoms with Crippen molar-refractivity contribution < 1.29 is 14.0 Å². The summed E-state index contributed by atoms with van der Waals surface area (Å²) in [5, 5.41) is 8.59. The molecule has 0 bridgehead atoms. The van der Waals surface area contributed by atoms with Crippen molar-refractivity contribution in [3.05, 3.63) is 65.5 Å². The van der Waals surface area contributed by atoms with E-state index in [2.05, 4.69) is 16.0 Å². The first kappa shape index (κ1) is 17.9. The van der Waals surface area contributed by atoms with Crippen LogP contribution in [-0.4, -0.2) is 18.0 Å². The maximum absolute atomic E-state index is 12.9. The normalized spacial score (nSPS) is 14.0. The van der Waals surface area contributed by atoms with E-state index in [0.717, 1.165) is 18.4 Å². The summed E-state index contributed by atoms with van der Waals surface area (Å²) in [7, 11) is 0. The number of hydrogen-bond donors (Lipinski definition) is 3. The van der Waals surface area contributed by atoms with Crippen LogP contribution < -0.4 is 16.0 Å². The zero-order chi connectivity index (χ0) is 18.4. The zero-order valence-corrected chi connectivity index (χ0v) is 14.4. The summed E-state index contributed by atoms with van der Waals surface area (Å²) in [5.41, 5.74) is 1.88. The van der Waals surface area contributed by atoms with Crippen molar-refractivity contribution in [2.45, 2.75) is 38.3 Å². The molecule has 0 aromatic heterocycles. The number of hydrogen-bond acceptors (Lipinski definition) is 2. The first-order valence-corrected chi connectivity index (χ1v) is 8.80. The van der Waals surface area contributed by atoms with Gasteiger partial charge in [0.05, 0.1) is 0 Å². The molecule has 136 valence electrons. The van der Waals surface area contributed by atoms with Gasteiger partial charge in [-0.3, -0.25) is 4.79 Å². The van der Waals surface area contributed by atoms with Crippen LogP contribution in [-0.2, 0) is 6.54 Å². The van der Waals surface area contributed by atoms with Crippen LogP contribution in [0.25, 0.3) is 0 Å². The number of halogens is 1. The van der Waals surface area contributed by atoms with Gasteiger partial charge in [-0.1, -0.05) is 25.0 Å². The molecule has 0 spiro atoms. The van der Waals surface area contributed by atoms with Crippen molar-refractivity contribution in [1.82, 2.24) is 10.6 Å². The first-order valence-electron chi connectivity index (χ1n) is 8.80. The maximum Gasteiger partial charge on any atom is 0.315 e. The second-order valence-electron chi connectivity index (χ2n) is 6.47. The molecule has 0 saturated heterocycles. The van der Waals surface area contributed by atoms with Crippen LogP contribution in [0.1, 0.15) is 41.6 Å². The third kappa shape index (κ3) is 5.05. The molecule has 6 heteroatoms. The highest BCUT2D eigenvalue weighted by molar-refractivity contribution is 6.04. The maximum atomic E-state index is 12.9. The third-order valence-corrected chi connectivity index (χ3v) is 4.43. The average Bonchev–Trinajstić information content (AvgIpc) is 3.14. The van der Waals surface area contributed by atoms with Crippen molar-refractivity contribution >= 4 is 17.6 Å². The minimum Gasteiger partial charge on any atom is -0.335 e. The molecule has 0 unspecified atom stereocenters. The van der Waals surface area contributed by atoms with Gasteiger partial charge < -0.3 is 16.0 Å². The molecular formula is C20H22FN3O2. The van der Waals surface area contributed by atoms with Gasteiger partial charge in [-0.2, -0.15) is 0 Å². The molecule has 0 atom stereocenters. The fourth-order valence-corrected chi connectivity index (χ4v) is 3.05. The largest absolute Gasteiger partial charge is 0.335 e. The van der Waals surface area contributed by atoms with E-state index in [9.17, 15) is 14.0 Å². The summed E-state index contributed by atoms with van der Waals surface area (Å²) < 4.78 is 12.9. The Morgan fingerprint density at radius 1 is 1.04 bits per heavy atom. The Hall–Kier alpha value is -2.89. The molecule has 26 heavy (non-hydrogen) atoms. The molecule has 2 aromatic carbocycles. The standard InChI is InChI=1S/C20H22FN3O2/c21-16-10-8-15(9-11-16)19(25)23-18-7-3-4-14(12-18)13-22-20(26)24-17-5-1-2-6-17/h3-4,7-12,17H,1-2,5-6,13H2,(H,23,25)(H2,22,24,26). The molecule has 2 aromatic rings. The van der Waals surface area contributed by atoms with Gasteiger partial charge in [0.1, 0.15) is 5.82 Å². The van der Waals surface area contributed by atoms with Gasteiger partial charge in [-0.15, -0.1) is 0 Å². The van der Waals surface area contributed by atoms with Crippen LogP contribution in [0, 0.1) is 5.82 Å². The average molecular weight is 355 g/mol. The minimum atomic E-state index is -0.384. The number of anilines is 1. The van der Waals surface area contributed by atoms with E-state index in [-0.39, 0.29) is 23.8 Å². The SMILES string of the molecule is O=C(NCc1cccc(NC(=O)c2ccc(F)cc2)c1)NC1CCCC1. The third-order valence-electron chi connectivity index (χ3n) is 4.43. The topological polar surface area (TPSA) is 70.2 Å². The quantitative estimate of drug-likeness (QED) is 0.763. The number of carbonyl (C=O) groups is 2. The Morgan fingerprint density at radius 2 is 1.77 bits per heavy atom.